The summed E-state index contributed by atoms with van der Waals surface area (Å²) >= 11 is 3.68. The van der Waals surface area contributed by atoms with Gasteiger partial charge in [-0.25, -0.2) is 0 Å². The maximum Gasteiger partial charge on any atom is 0.0771 e. The lowest BCUT2D eigenvalue weighted by Gasteiger charge is -2.32. The van der Waals surface area contributed by atoms with Crippen LogP contribution in [0.3, 0.4) is 0 Å². The highest BCUT2D eigenvalue weighted by molar-refractivity contribution is 9.10. The van der Waals surface area contributed by atoms with Crippen molar-refractivity contribution >= 4 is 22.0 Å². The zero-order valence-electron chi connectivity index (χ0n) is 18.5. The van der Waals surface area contributed by atoms with Crippen molar-refractivity contribution in [3.8, 4) is 11.8 Å². The van der Waals surface area contributed by atoms with Gasteiger partial charge >= 0.3 is 0 Å². The summed E-state index contributed by atoms with van der Waals surface area (Å²) in [6.07, 6.45) is 5.05. The Kier molecular flexibility index (Phi) is 9.78. The van der Waals surface area contributed by atoms with Crippen LogP contribution in [0.1, 0.15) is 30.0 Å². The van der Waals surface area contributed by atoms with E-state index in [1.54, 1.807) is 0 Å². The molecule has 0 radical (unpaired) electrons. The second kappa shape index (κ2) is 13.0. The zero-order valence-corrected chi connectivity index (χ0v) is 20.1. The minimum Gasteiger partial charge on any atom is -0.391 e. The number of hydrogen-bond donors (Lipinski definition) is 1. The Morgan fingerprint density at radius 1 is 0.906 bits per heavy atom. The molecule has 0 fully saturated rings. The SMILES string of the molecule is CCC#CCN(Cc1ccccc1Br)[C@H](/C=C/c1ccccc1)[C@@H](O)Cc1ccccc1. The molecule has 1 N–H and O–H groups in total. The van der Waals surface area contributed by atoms with Crippen LogP contribution in [-0.4, -0.2) is 28.7 Å². The van der Waals surface area contributed by atoms with E-state index in [9.17, 15) is 5.11 Å². The number of benzene rings is 3. The number of aliphatic hydroxyl groups is 1. The molecule has 0 spiro atoms. The van der Waals surface area contributed by atoms with Crippen LogP contribution in [0.4, 0.5) is 0 Å². The zero-order chi connectivity index (χ0) is 22.6. The van der Waals surface area contributed by atoms with Crippen molar-refractivity contribution in [3.05, 3.63) is 112 Å². The summed E-state index contributed by atoms with van der Waals surface area (Å²) in [7, 11) is 0. The smallest absolute Gasteiger partial charge is 0.0771 e. The highest BCUT2D eigenvalue weighted by atomic mass is 79.9. The Balaban J connectivity index is 1.92. The fourth-order valence-corrected chi connectivity index (χ4v) is 4.05. The van der Waals surface area contributed by atoms with Gasteiger partial charge in [-0.3, -0.25) is 4.90 Å². The Morgan fingerprint density at radius 3 is 2.25 bits per heavy atom. The van der Waals surface area contributed by atoms with E-state index in [1.165, 1.54) is 5.56 Å². The predicted molar refractivity (Wildman–Crippen MR) is 138 cm³/mol. The minimum absolute atomic E-state index is 0.186. The molecule has 2 nitrogen and oxygen atoms in total. The Bertz CT molecular complexity index is 1040. The Morgan fingerprint density at radius 2 is 1.56 bits per heavy atom. The van der Waals surface area contributed by atoms with E-state index in [4.69, 9.17) is 0 Å². The minimum atomic E-state index is -0.566. The molecule has 0 aliphatic heterocycles. The summed E-state index contributed by atoms with van der Waals surface area (Å²) in [5.41, 5.74) is 3.42. The van der Waals surface area contributed by atoms with Crippen molar-refractivity contribution in [1.29, 1.82) is 0 Å². The third-order valence-electron chi connectivity index (χ3n) is 5.30. The average molecular weight is 488 g/mol. The first-order chi connectivity index (χ1) is 15.7. The second-order valence-corrected chi connectivity index (χ2v) is 8.58. The Labute approximate surface area is 200 Å². The molecular formula is C29H30BrNO. The maximum atomic E-state index is 11.4. The molecule has 0 aliphatic carbocycles. The molecule has 0 saturated heterocycles. The van der Waals surface area contributed by atoms with Gasteiger partial charge in [-0.2, -0.15) is 0 Å². The molecular weight excluding hydrogens is 458 g/mol. The van der Waals surface area contributed by atoms with Crippen molar-refractivity contribution in [2.45, 2.75) is 38.5 Å². The van der Waals surface area contributed by atoms with E-state index in [-0.39, 0.29) is 6.04 Å². The topological polar surface area (TPSA) is 23.5 Å². The first-order valence-corrected chi connectivity index (χ1v) is 11.8. The predicted octanol–water partition coefficient (Wildman–Crippen LogP) is 6.35. The van der Waals surface area contributed by atoms with Gasteiger partial charge in [-0.1, -0.05) is 120 Å². The molecule has 0 heterocycles. The normalized spacial score (nSPS) is 13.0. The van der Waals surface area contributed by atoms with Crippen LogP contribution in [0.5, 0.6) is 0 Å². The van der Waals surface area contributed by atoms with Gasteiger partial charge in [0.2, 0.25) is 0 Å². The van der Waals surface area contributed by atoms with E-state index in [2.05, 4.69) is 88.1 Å². The molecule has 3 heteroatoms. The van der Waals surface area contributed by atoms with Crippen LogP contribution in [0.2, 0.25) is 0 Å². The fourth-order valence-electron chi connectivity index (χ4n) is 3.64. The number of rotatable bonds is 9. The molecule has 3 aromatic carbocycles. The summed E-state index contributed by atoms with van der Waals surface area (Å²) in [5, 5.41) is 11.4. The van der Waals surface area contributed by atoms with Gasteiger partial charge in [0.1, 0.15) is 0 Å². The molecule has 0 unspecified atom stereocenters. The summed E-state index contributed by atoms with van der Waals surface area (Å²) in [6, 6.07) is 28.4. The maximum absolute atomic E-state index is 11.4. The van der Waals surface area contributed by atoms with Crippen LogP contribution in [-0.2, 0) is 13.0 Å². The quantitative estimate of drug-likeness (QED) is 0.355. The molecule has 3 rings (SSSR count). The number of halogens is 1. The van der Waals surface area contributed by atoms with Gasteiger partial charge in [0.15, 0.2) is 0 Å². The molecule has 3 aromatic rings. The summed E-state index contributed by atoms with van der Waals surface area (Å²) < 4.78 is 1.07. The molecule has 0 amide bonds. The lowest BCUT2D eigenvalue weighted by molar-refractivity contribution is 0.0774. The fraction of sp³-hybridized carbons (Fsp3) is 0.241. The van der Waals surface area contributed by atoms with Crippen LogP contribution in [0.15, 0.2) is 95.5 Å². The molecule has 32 heavy (non-hydrogen) atoms. The summed E-state index contributed by atoms with van der Waals surface area (Å²) in [4.78, 5) is 2.26. The van der Waals surface area contributed by atoms with Crippen molar-refractivity contribution < 1.29 is 5.11 Å². The third kappa shape index (κ3) is 7.50. The summed E-state index contributed by atoms with van der Waals surface area (Å²) in [5.74, 6) is 6.48. The lowest BCUT2D eigenvalue weighted by atomic mass is 9.99. The highest BCUT2D eigenvalue weighted by Crippen LogP contribution is 2.22. The van der Waals surface area contributed by atoms with Crippen molar-refractivity contribution in [1.82, 2.24) is 4.90 Å². The van der Waals surface area contributed by atoms with Gasteiger partial charge < -0.3 is 5.11 Å². The van der Waals surface area contributed by atoms with Crippen molar-refractivity contribution in [2.24, 2.45) is 0 Å². The van der Waals surface area contributed by atoms with E-state index in [1.807, 2.05) is 48.5 Å². The van der Waals surface area contributed by atoms with Crippen molar-refractivity contribution in [2.75, 3.05) is 6.54 Å². The van der Waals surface area contributed by atoms with Crippen LogP contribution >= 0.6 is 15.9 Å². The van der Waals surface area contributed by atoms with Gasteiger partial charge in [-0.05, 0) is 22.8 Å². The lowest BCUT2D eigenvalue weighted by Crippen LogP contribution is -2.43. The van der Waals surface area contributed by atoms with Gasteiger partial charge in [0.25, 0.3) is 0 Å². The number of nitrogens with zero attached hydrogens (tertiary/aromatic N) is 1. The molecule has 0 aromatic heterocycles. The first-order valence-electron chi connectivity index (χ1n) is 11.1. The first kappa shape index (κ1) is 24.0. The number of aliphatic hydroxyl groups excluding tert-OH is 1. The molecule has 164 valence electrons. The summed E-state index contributed by atoms with van der Waals surface area (Å²) in [6.45, 7) is 3.34. The van der Waals surface area contributed by atoms with Crippen LogP contribution in [0, 0.1) is 11.8 Å². The average Bonchev–Trinajstić information content (AvgIpc) is 2.82. The van der Waals surface area contributed by atoms with Gasteiger partial charge in [-0.15, -0.1) is 5.92 Å². The van der Waals surface area contributed by atoms with Crippen LogP contribution < -0.4 is 0 Å². The van der Waals surface area contributed by atoms with E-state index < -0.39 is 6.10 Å². The van der Waals surface area contributed by atoms with Gasteiger partial charge in [0.05, 0.1) is 18.7 Å². The standard InChI is InChI=1S/C29H30BrNO/c1-2-3-12-21-31(23-26-17-10-11-18-27(26)30)28(20-19-24-13-6-4-7-14-24)29(32)22-25-15-8-5-9-16-25/h4-11,13-20,28-29,32H,2,21-23H2,1H3/b20-19+/t28-,29+/m1/s1. The third-order valence-corrected chi connectivity index (χ3v) is 6.08. The van der Waals surface area contributed by atoms with E-state index >= 15 is 0 Å². The molecule has 0 bridgehead atoms. The second-order valence-electron chi connectivity index (χ2n) is 7.72. The molecule has 0 aliphatic rings. The van der Waals surface area contributed by atoms with E-state index in [0.717, 1.165) is 22.0 Å². The highest BCUT2D eigenvalue weighted by Gasteiger charge is 2.24. The largest absolute Gasteiger partial charge is 0.391 e. The van der Waals surface area contributed by atoms with E-state index in [0.29, 0.717) is 19.5 Å². The Hall–Kier alpha value is -2.64. The van der Waals surface area contributed by atoms with Crippen LogP contribution in [0.25, 0.3) is 6.08 Å². The van der Waals surface area contributed by atoms with Gasteiger partial charge in [0, 0.05) is 23.9 Å². The monoisotopic (exact) mass is 487 g/mol. The van der Waals surface area contributed by atoms with Crippen molar-refractivity contribution in [3.63, 3.8) is 0 Å². The molecule has 0 saturated carbocycles. The number of hydrogen-bond acceptors (Lipinski definition) is 2. The molecule has 2 atom stereocenters.